The molecule has 168 valence electrons. The number of rotatable bonds is 11. The predicted molar refractivity (Wildman–Crippen MR) is 133 cm³/mol. The van der Waals surface area contributed by atoms with Crippen LogP contribution in [0.25, 0.3) is 0 Å². The van der Waals surface area contributed by atoms with E-state index in [0.29, 0.717) is 18.6 Å². The maximum absolute atomic E-state index is 11.6. The number of guanidine groups is 1. The molecule has 0 unspecified atom stereocenters. The highest BCUT2D eigenvalue weighted by molar-refractivity contribution is 14.0. The second-order valence-electron chi connectivity index (χ2n) is 7.41. The van der Waals surface area contributed by atoms with Gasteiger partial charge >= 0.3 is 0 Å². The van der Waals surface area contributed by atoms with E-state index in [2.05, 4.69) is 52.9 Å². The van der Waals surface area contributed by atoms with Crippen LogP contribution in [0.1, 0.15) is 45.2 Å². The molecule has 0 atom stereocenters. The van der Waals surface area contributed by atoms with Crippen LogP contribution in [-0.2, 0) is 22.3 Å². The number of benzene rings is 1. The smallest absolute Gasteiger partial charge is 0.215 e. The first kappa shape index (κ1) is 28.1. The van der Waals surface area contributed by atoms with Crippen molar-refractivity contribution in [2.45, 2.75) is 58.5 Å². The summed E-state index contributed by atoms with van der Waals surface area (Å²) in [5.41, 5.74) is 1.83. The van der Waals surface area contributed by atoms with Crippen LogP contribution in [-0.4, -0.2) is 58.5 Å². The normalized spacial score (nSPS) is 12.4. The Hall–Kier alpha value is -0.910. The minimum Gasteiger partial charge on any atom is -0.356 e. The van der Waals surface area contributed by atoms with Gasteiger partial charge in [-0.2, -0.15) is 0 Å². The Bertz CT molecular complexity index is 698. The lowest BCUT2D eigenvalue weighted by Gasteiger charge is -2.30. The van der Waals surface area contributed by atoms with Gasteiger partial charge in [-0.1, -0.05) is 24.3 Å². The highest BCUT2D eigenvalue weighted by Gasteiger charge is 2.12. The molecule has 1 aromatic carbocycles. The topological polar surface area (TPSA) is 85.8 Å². The third kappa shape index (κ3) is 11.2. The minimum atomic E-state index is -3.24. The molecule has 29 heavy (non-hydrogen) atoms. The molecule has 0 radical (unpaired) electrons. The average molecular weight is 540 g/mol. The van der Waals surface area contributed by atoms with Crippen molar-refractivity contribution in [3.8, 4) is 0 Å². The summed E-state index contributed by atoms with van der Waals surface area (Å²) in [5, 5.41) is 6.64. The zero-order chi connectivity index (χ0) is 21.2. The molecular formula is C20H38IN5O2S. The minimum absolute atomic E-state index is 0. The van der Waals surface area contributed by atoms with Crippen LogP contribution in [0, 0.1) is 0 Å². The van der Waals surface area contributed by atoms with E-state index < -0.39 is 10.0 Å². The van der Waals surface area contributed by atoms with E-state index in [1.165, 1.54) is 7.05 Å². The SMILES string of the molecule is CN=C(NCCCN(C(C)C)C(C)C)NCc1ccc(CS(=O)(=O)NC)cc1.I. The Balaban J connectivity index is 0.00000784. The summed E-state index contributed by atoms with van der Waals surface area (Å²) >= 11 is 0. The molecule has 0 heterocycles. The molecule has 0 amide bonds. The first-order chi connectivity index (χ1) is 13.2. The van der Waals surface area contributed by atoms with Gasteiger partial charge in [-0.3, -0.25) is 9.89 Å². The van der Waals surface area contributed by atoms with Crippen molar-refractivity contribution in [3.05, 3.63) is 35.4 Å². The molecule has 0 saturated heterocycles. The van der Waals surface area contributed by atoms with Gasteiger partial charge in [0.25, 0.3) is 0 Å². The number of aliphatic imine (C=N–C) groups is 1. The molecule has 0 aliphatic rings. The molecule has 9 heteroatoms. The van der Waals surface area contributed by atoms with Gasteiger partial charge in [-0.25, -0.2) is 13.1 Å². The summed E-state index contributed by atoms with van der Waals surface area (Å²) < 4.78 is 25.5. The Kier molecular flexibility index (Phi) is 13.7. The maximum Gasteiger partial charge on any atom is 0.215 e. The van der Waals surface area contributed by atoms with Gasteiger partial charge in [-0.05, 0) is 52.3 Å². The van der Waals surface area contributed by atoms with Crippen LogP contribution in [0.2, 0.25) is 0 Å². The van der Waals surface area contributed by atoms with E-state index in [1.54, 1.807) is 7.05 Å². The van der Waals surface area contributed by atoms with Crippen LogP contribution >= 0.6 is 24.0 Å². The van der Waals surface area contributed by atoms with Crippen molar-refractivity contribution in [1.82, 2.24) is 20.3 Å². The zero-order valence-corrected chi connectivity index (χ0v) is 21.7. The van der Waals surface area contributed by atoms with Crippen molar-refractivity contribution in [1.29, 1.82) is 0 Å². The van der Waals surface area contributed by atoms with E-state index >= 15 is 0 Å². The molecule has 0 saturated carbocycles. The van der Waals surface area contributed by atoms with Crippen molar-refractivity contribution in [2.75, 3.05) is 27.2 Å². The van der Waals surface area contributed by atoms with Crippen LogP contribution in [0.3, 0.4) is 0 Å². The summed E-state index contributed by atoms with van der Waals surface area (Å²) in [6.07, 6.45) is 1.05. The summed E-state index contributed by atoms with van der Waals surface area (Å²) in [6, 6.07) is 8.64. The van der Waals surface area contributed by atoms with Gasteiger partial charge in [0, 0.05) is 38.8 Å². The number of hydrogen-bond acceptors (Lipinski definition) is 4. The lowest BCUT2D eigenvalue weighted by molar-refractivity contribution is 0.173. The quantitative estimate of drug-likeness (QED) is 0.174. The highest BCUT2D eigenvalue weighted by atomic mass is 127. The van der Waals surface area contributed by atoms with Gasteiger partial charge in [0.15, 0.2) is 5.96 Å². The second kappa shape index (κ2) is 14.2. The third-order valence-electron chi connectivity index (χ3n) is 4.59. The zero-order valence-electron chi connectivity index (χ0n) is 18.5. The summed E-state index contributed by atoms with van der Waals surface area (Å²) in [7, 11) is -0.0578. The molecular weight excluding hydrogens is 501 g/mol. The van der Waals surface area contributed by atoms with Crippen LogP contribution in [0.5, 0.6) is 0 Å². The predicted octanol–water partition coefficient (Wildman–Crippen LogP) is 2.53. The molecule has 0 aliphatic carbocycles. The molecule has 1 aromatic rings. The lowest BCUT2D eigenvalue weighted by atomic mass is 10.1. The largest absolute Gasteiger partial charge is 0.356 e. The molecule has 0 bridgehead atoms. The van der Waals surface area contributed by atoms with Gasteiger partial charge in [0.1, 0.15) is 0 Å². The summed E-state index contributed by atoms with van der Waals surface area (Å²) in [5.74, 6) is 0.756. The van der Waals surface area contributed by atoms with Crippen LogP contribution < -0.4 is 15.4 Å². The van der Waals surface area contributed by atoms with Gasteiger partial charge < -0.3 is 10.6 Å². The standard InChI is InChI=1S/C20H37N5O2S.HI/c1-16(2)25(17(3)4)13-7-12-23-20(21-5)24-14-18-8-10-19(11-9-18)15-28(26,27)22-6;/h8-11,16-17,22H,7,12-15H2,1-6H3,(H2,21,23,24);1H. The van der Waals surface area contributed by atoms with E-state index in [-0.39, 0.29) is 29.7 Å². The van der Waals surface area contributed by atoms with Crippen molar-refractivity contribution >= 4 is 40.0 Å². The number of halogens is 1. The number of sulfonamides is 1. The lowest BCUT2D eigenvalue weighted by Crippen LogP contribution is -2.41. The Morgan fingerprint density at radius 2 is 1.59 bits per heavy atom. The Morgan fingerprint density at radius 3 is 2.07 bits per heavy atom. The third-order valence-corrected chi connectivity index (χ3v) is 5.92. The molecule has 0 aromatic heterocycles. The Labute approximate surface area is 194 Å². The molecule has 3 N–H and O–H groups in total. The number of nitrogens with zero attached hydrogens (tertiary/aromatic N) is 2. The second-order valence-corrected chi connectivity index (χ2v) is 9.34. The van der Waals surface area contributed by atoms with Gasteiger partial charge in [0.2, 0.25) is 10.0 Å². The maximum atomic E-state index is 11.6. The summed E-state index contributed by atoms with van der Waals surface area (Å²) in [6.45, 7) is 11.5. The Morgan fingerprint density at radius 1 is 1.03 bits per heavy atom. The number of nitrogens with one attached hydrogen (secondary N) is 3. The first-order valence-electron chi connectivity index (χ1n) is 9.87. The fourth-order valence-electron chi connectivity index (χ4n) is 3.03. The number of hydrogen-bond donors (Lipinski definition) is 3. The molecule has 0 spiro atoms. The van der Waals surface area contributed by atoms with E-state index in [4.69, 9.17) is 0 Å². The fourth-order valence-corrected chi connectivity index (χ4v) is 3.81. The monoisotopic (exact) mass is 539 g/mol. The van der Waals surface area contributed by atoms with Gasteiger partial charge in [-0.15, -0.1) is 24.0 Å². The fraction of sp³-hybridized carbons (Fsp3) is 0.650. The molecule has 0 aliphatic heterocycles. The van der Waals surface area contributed by atoms with Crippen LogP contribution in [0.15, 0.2) is 29.3 Å². The average Bonchev–Trinajstić information content (AvgIpc) is 2.64. The van der Waals surface area contributed by atoms with E-state index in [9.17, 15) is 8.42 Å². The van der Waals surface area contributed by atoms with E-state index in [0.717, 1.165) is 36.6 Å². The van der Waals surface area contributed by atoms with Crippen molar-refractivity contribution < 1.29 is 8.42 Å². The van der Waals surface area contributed by atoms with Crippen molar-refractivity contribution in [3.63, 3.8) is 0 Å². The molecule has 7 nitrogen and oxygen atoms in total. The highest BCUT2D eigenvalue weighted by Crippen LogP contribution is 2.08. The molecule has 0 fully saturated rings. The van der Waals surface area contributed by atoms with E-state index in [1.807, 2.05) is 24.3 Å². The summed E-state index contributed by atoms with van der Waals surface area (Å²) in [4.78, 5) is 6.74. The van der Waals surface area contributed by atoms with Crippen molar-refractivity contribution in [2.24, 2.45) is 4.99 Å². The first-order valence-corrected chi connectivity index (χ1v) is 11.5. The molecule has 1 rings (SSSR count). The van der Waals surface area contributed by atoms with Crippen LogP contribution in [0.4, 0.5) is 0 Å². The van der Waals surface area contributed by atoms with Gasteiger partial charge in [0.05, 0.1) is 5.75 Å².